The summed E-state index contributed by atoms with van der Waals surface area (Å²) in [5.74, 6) is 3.66. The van der Waals surface area contributed by atoms with Gasteiger partial charge in [-0.15, -0.1) is 5.54 Å². The molecule has 0 bridgehead atoms. The lowest BCUT2D eigenvalue weighted by Gasteiger charge is -2.28. The average Bonchev–Trinajstić information content (AvgIpc) is 2.80. The van der Waals surface area contributed by atoms with Gasteiger partial charge in [0.25, 0.3) is 0 Å². The van der Waals surface area contributed by atoms with Crippen LogP contribution in [-0.4, -0.2) is 8.07 Å². The van der Waals surface area contributed by atoms with Crippen LogP contribution in [0.3, 0.4) is 0 Å². The Labute approximate surface area is 177 Å². The minimum absolute atomic E-state index is 1.05. The van der Waals surface area contributed by atoms with Gasteiger partial charge in [-0.1, -0.05) is 130 Å². The Morgan fingerprint density at radius 2 is 1.14 bits per heavy atom. The molecule has 0 atom stereocenters. The van der Waals surface area contributed by atoms with E-state index in [9.17, 15) is 0 Å². The third-order valence-electron chi connectivity index (χ3n) is 5.23. The third kappa shape index (κ3) is 4.97. The molecule has 0 radical (unpaired) electrons. The molecule has 0 aliphatic carbocycles. The summed E-state index contributed by atoms with van der Waals surface area (Å²) in [5.41, 5.74) is 5.18. The van der Waals surface area contributed by atoms with Crippen molar-refractivity contribution in [3.63, 3.8) is 0 Å². The number of benzene rings is 3. The lowest BCUT2D eigenvalue weighted by Crippen LogP contribution is -2.66. The lowest BCUT2D eigenvalue weighted by atomic mass is 10.1. The number of hydrogen-bond donors (Lipinski definition) is 0. The fourth-order valence-corrected chi connectivity index (χ4v) is 7.62. The van der Waals surface area contributed by atoms with Gasteiger partial charge in [0, 0.05) is 0 Å². The average molecular weight is 395 g/mol. The highest BCUT2D eigenvalue weighted by molar-refractivity contribution is 7.16. The summed E-state index contributed by atoms with van der Waals surface area (Å²) in [6.07, 6.45) is 6.78. The Hall–Kier alpha value is -2.82. The van der Waals surface area contributed by atoms with Crippen molar-refractivity contribution in [2.45, 2.75) is 39.5 Å². The van der Waals surface area contributed by atoms with Gasteiger partial charge >= 0.3 is 0 Å². The van der Waals surface area contributed by atoms with Crippen LogP contribution in [0.5, 0.6) is 0 Å². The number of unbranched alkanes of at least 4 members (excludes halogenated alkanes) is 1. The van der Waals surface area contributed by atoms with Crippen molar-refractivity contribution < 1.29 is 0 Å². The highest BCUT2D eigenvalue weighted by atomic mass is 28.3. The van der Waals surface area contributed by atoms with Crippen LogP contribution in [0.2, 0.25) is 0 Å². The van der Waals surface area contributed by atoms with Crippen molar-refractivity contribution in [2.75, 3.05) is 0 Å². The summed E-state index contributed by atoms with van der Waals surface area (Å²) in [5, 5.41) is 4.03. The SMILES string of the molecule is CCC/C=C(/C#C[Si](c1ccccc1)(c1ccccc1)c1ccccc1)CCC. The van der Waals surface area contributed by atoms with E-state index in [-0.39, 0.29) is 0 Å². The standard InChI is InChI=1S/C28H30Si/c1-3-5-16-25(15-4-2)23-24-29(26-17-9-6-10-18-26,27-19-11-7-12-20-27)28-21-13-8-14-22-28/h6-14,16-22H,3-5,15H2,1-2H3/b25-16+. The van der Waals surface area contributed by atoms with E-state index in [1.807, 2.05) is 0 Å². The highest BCUT2D eigenvalue weighted by Crippen LogP contribution is 2.10. The molecule has 3 aromatic rings. The van der Waals surface area contributed by atoms with Gasteiger partial charge in [-0.3, -0.25) is 0 Å². The lowest BCUT2D eigenvalue weighted by molar-refractivity contribution is 0.900. The largest absolute Gasteiger partial charge is 0.230 e. The summed E-state index contributed by atoms with van der Waals surface area (Å²) in [6.45, 7) is 4.46. The van der Waals surface area contributed by atoms with Gasteiger partial charge in [0.15, 0.2) is 0 Å². The first-order chi connectivity index (χ1) is 14.3. The molecule has 3 rings (SSSR count). The van der Waals surface area contributed by atoms with E-state index in [0.29, 0.717) is 0 Å². The van der Waals surface area contributed by atoms with Crippen LogP contribution in [0.4, 0.5) is 0 Å². The van der Waals surface area contributed by atoms with Crippen LogP contribution in [0.1, 0.15) is 39.5 Å². The normalized spacial score (nSPS) is 11.6. The molecule has 0 unspecified atom stereocenters. The fraction of sp³-hybridized carbons (Fsp3) is 0.214. The molecule has 0 amide bonds. The zero-order chi connectivity index (χ0) is 20.4. The van der Waals surface area contributed by atoms with Gasteiger partial charge in [-0.05, 0) is 34.0 Å². The molecule has 0 heterocycles. The Morgan fingerprint density at radius 1 is 0.690 bits per heavy atom. The number of allylic oxidation sites excluding steroid dienone is 2. The molecule has 29 heavy (non-hydrogen) atoms. The molecule has 0 aromatic heterocycles. The summed E-state index contributed by atoms with van der Waals surface area (Å²) in [6, 6.07) is 32.7. The molecular formula is C28H30Si. The number of hydrogen-bond acceptors (Lipinski definition) is 0. The maximum absolute atomic E-state index is 3.90. The van der Waals surface area contributed by atoms with Gasteiger partial charge in [0.2, 0.25) is 8.07 Å². The minimum Gasteiger partial charge on any atom is -0.109 e. The van der Waals surface area contributed by atoms with Crippen molar-refractivity contribution in [3.05, 3.63) is 103 Å². The Bertz CT molecular complexity index is 864. The van der Waals surface area contributed by atoms with Gasteiger partial charge in [-0.2, -0.15) is 0 Å². The Kier molecular flexibility index (Phi) is 7.67. The first-order valence-electron chi connectivity index (χ1n) is 10.7. The van der Waals surface area contributed by atoms with Crippen molar-refractivity contribution in [1.29, 1.82) is 0 Å². The van der Waals surface area contributed by atoms with E-state index in [4.69, 9.17) is 0 Å². The van der Waals surface area contributed by atoms with Crippen molar-refractivity contribution >= 4 is 23.6 Å². The topological polar surface area (TPSA) is 0 Å². The molecule has 0 saturated heterocycles. The predicted octanol–water partition coefficient (Wildman–Crippen LogP) is 5.23. The monoisotopic (exact) mass is 394 g/mol. The molecule has 3 aromatic carbocycles. The van der Waals surface area contributed by atoms with E-state index < -0.39 is 8.07 Å². The minimum atomic E-state index is -2.46. The molecule has 1 heteroatoms. The van der Waals surface area contributed by atoms with E-state index in [0.717, 1.165) is 25.7 Å². The van der Waals surface area contributed by atoms with Crippen LogP contribution in [0, 0.1) is 11.5 Å². The summed E-state index contributed by atoms with van der Waals surface area (Å²) >= 11 is 0. The molecule has 0 fully saturated rings. The maximum Gasteiger partial charge on any atom is 0.230 e. The van der Waals surface area contributed by atoms with Crippen LogP contribution >= 0.6 is 0 Å². The van der Waals surface area contributed by atoms with Crippen molar-refractivity contribution in [1.82, 2.24) is 0 Å². The van der Waals surface area contributed by atoms with Crippen LogP contribution in [0.15, 0.2) is 103 Å². The predicted molar refractivity (Wildman–Crippen MR) is 130 cm³/mol. The Balaban J connectivity index is 2.28. The van der Waals surface area contributed by atoms with Crippen molar-refractivity contribution in [3.8, 4) is 11.5 Å². The van der Waals surface area contributed by atoms with Crippen LogP contribution < -0.4 is 15.6 Å². The van der Waals surface area contributed by atoms with E-state index in [1.54, 1.807) is 0 Å². The zero-order valence-electron chi connectivity index (χ0n) is 17.6. The quantitative estimate of drug-likeness (QED) is 0.293. The molecule has 0 saturated carbocycles. The fourth-order valence-electron chi connectivity index (χ4n) is 3.76. The summed E-state index contributed by atoms with van der Waals surface area (Å²) in [7, 11) is -2.46. The third-order valence-corrected chi connectivity index (χ3v) is 9.33. The molecule has 0 N–H and O–H groups in total. The van der Waals surface area contributed by atoms with Gasteiger partial charge in [0.1, 0.15) is 0 Å². The zero-order valence-corrected chi connectivity index (χ0v) is 18.6. The highest BCUT2D eigenvalue weighted by Gasteiger charge is 2.38. The van der Waals surface area contributed by atoms with Crippen molar-refractivity contribution in [2.24, 2.45) is 0 Å². The smallest absolute Gasteiger partial charge is 0.109 e. The second-order valence-corrected chi connectivity index (χ2v) is 10.8. The molecule has 0 nitrogen and oxygen atoms in total. The maximum atomic E-state index is 3.90. The molecule has 0 aliphatic rings. The van der Waals surface area contributed by atoms with E-state index in [2.05, 4.69) is 122 Å². The first kappa shape index (κ1) is 20.9. The second kappa shape index (κ2) is 10.6. The summed E-state index contributed by atoms with van der Waals surface area (Å²) < 4.78 is 0. The van der Waals surface area contributed by atoms with Gasteiger partial charge in [-0.25, -0.2) is 0 Å². The Morgan fingerprint density at radius 3 is 1.52 bits per heavy atom. The van der Waals surface area contributed by atoms with Gasteiger partial charge in [0.05, 0.1) is 0 Å². The molecule has 0 spiro atoms. The molecule has 0 aliphatic heterocycles. The summed E-state index contributed by atoms with van der Waals surface area (Å²) in [4.78, 5) is 0. The number of rotatable bonds is 7. The second-order valence-electron chi connectivity index (χ2n) is 7.37. The van der Waals surface area contributed by atoms with E-state index in [1.165, 1.54) is 21.1 Å². The molecule has 146 valence electrons. The van der Waals surface area contributed by atoms with Gasteiger partial charge < -0.3 is 0 Å². The first-order valence-corrected chi connectivity index (χ1v) is 12.7. The van der Waals surface area contributed by atoms with Crippen LogP contribution in [0.25, 0.3) is 0 Å². The molecular weight excluding hydrogens is 364 g/mol. The van der Waals surface area contributed by atoms with E-state index >= 15 is 0 Å². The van der Waals surface area contributed by atoms with Crippen LogP contribution in [-0.2, 0) is 0 Å².